The molecule has 2 rings (SSSR count). The van der Waals surface area contributed by atoms with Gasteiger partial charge in [0.05, 0.1) is 18.7 Å². The highest BCUT2D eigenvalue weighted by Crippen LogP contribution is 2.40. The van der Waals surface area contributed by atoms with Gasteiger partial charge in [-0.05, 0) is 35.7 Å². The van der Waals surface area contributed by atoms with Crippen molar-refractivity contribution in [2.75, 3.05) is 7.11 Å². The van der Waals surface area contributed by atoms with Gasteiger partial charge in [-0.2, -0.15) is 0 Å². The van der Waals surface area contributed by atoms with Crippen molar-refractivity contribution in [3.63, 3.8) is 0 Å². The molecule has 26 heavy (non-hydrogen) atoms. The van der Waals surface area contributed by atoms with E-state index in [-0.39, 0.29) is 17.9 Å². The van der Waals surface area contributed by atoms with Crippen LogP contribution in [0, 0.1) is 0 Å². The van der Waals surface area contributed by atoms with E-state index in [1.165, 1.54) is 13.2 Å². The Balaban J connectivity index is 2.66. The van der Waals surface area contributed by atoms with Crippen LogP contribution in [0.4, 0.5) is 0 Å². The van der Waals surface area contributed by atoms with E-state index in [0.29, 0.717) is 27.1 Å². The van der Waals surface area contributed by atoms with Gasteiger partial charge < -0.3 is 19.4 Å². The van der Waals surface area contributed by atoms with Crippen molar-refractivity contribution in [2.45, 2.75) is 45.5 Å². The third-order valence-electron chi connectivity index (χ3n) is 5.19. The van der Waals surface area contributed by atoms with Crippen molar-refractivity contribution in [2.24, 2.45) is 0 Å². The Morgan fingerprint density at radius 1 is 1.15 bits per heavy atom. The predicted molar refractivity (Wildman–Crippen MR) is 106 cm³/mol. The second kappa shape index (κ2) is 8.29. The number of fused-ring (bicyclic) bond motifs is 1. The maximum atomic E-state index is 11.6. The molecule has 0 bridgehead atoms. The Kier molecular flexibility index (Phi) is 6.55. The summed E-state index contributed by atoms with van der Waals surface area (Å²) in [4.78, 5) is 11.6. The monoisotopic (exact) mass is 396 g/mol. The van der Waals surface area contributed by atoms with E-state index in [0.717, 1.165) is 18.1 Å². The summed E-state index contributed by atoms with van der Waals surface area (Å²) in [6.45, 7) is 6.72. The summed E-state index contributed by atoms with van der Waals surface area (Å²) in [6.07, 6.45) is 0. The number of carboxylic acid groups (broad SMARTS) is 1. The Labute approximate surface area is 159 Å². The fraction of sp³-hybridized carbons (Fsp3) is 0.421. The van der Waals surface area contributed by atoms with Crippen LogP contribution in [0.3, 0.4) is 0 Å². The Bertz CT molecular complexity index is 809. The van der Waals surface area contributed by atoms with E-state index in [2.05, 4.69) is 20.8 Å². The molecule has 0 amide bonds. The summed E-state index contributed by atoms with van der Waals surface area (Å²) in [7, 11) is -0.373. The average molecular weight is 397 g/mol. The quantitative estimate of drug-likeness (QED) is 0.582. The second-order valence-corrected chi connectivity index (χ2v) is 11.4. The third-order valence-corrected chi connectivity index (χ3v) is 10.2. The summed E-state index contributed by atoms with van der Waals surface area (Å²) in [5.41, 5.74) is 0.527. The molecule has 0 aliphatic carbocycles. The van der Waals surface area contributed by atoms with Crippen LogP contribution in [-0.2, 0) is 11.0 Å². The van der Waals surface area contributed by atoms with Crippen molar-refractivity contribution >= 4 is 36.7 Å². The maximum absolute atomic E-state index is 11.6. The fourth-order valence-electron chi connectivity index (χ4n) is 3.28. The van der Waals surface area contributed by atoms with Crippen LogP contribution in [0.5, 0.6) is 11.5 Å². The van der Waals surface area contributed by atoms with E-state index < -0.39 is 14.3 Å². The minimum atomic E-state index is -1.85. The van der Waals surface area contributed by atoms with E-state index in [4.69, 9.17) is 20.8 Å². The molecule has 142 valence electrons. The van der Waals surface area contributed by atoms with E-state index in [9.17, 15) is 15.0 Å². The third kappa shape index (κ3) is 3.68. The zero-order valence-corrected chi connectivity index (χ0v) is 17.3. The first-order chi connectivity index (χ1) is 12.3. The van der Waals surface area contributed by atoms with Gasteiger partial charge in [0.2, 0.25) is 0 Å². The number of ether oxygens (including phenoxy) is 1. The molecule has 0 fully saturated rings. The molecule has 0 heterocycles. The molecular weight excluding hydrogens is 372 g/mol. The topological polar surface area (TPSA) is 76.0 Å². The lowest BCUT2D eigenvalue weighted by atomic mass is 9.99. The Morgan fingerprint density at radius 3 is 2.27 bits per heavy atom. The normalized spacial score (nSPS) is 11.7. The largest absolute Gasteiger partial charge is 0.507 e. The Hall–Kier alpha value is -1.76. The van der Waals surface area contributed by atoms with Crippen molar-refractivity contribution < 1.29 is 24.2 Å². The van der Waals surface area contributed by atoms with E-state index in [1.54, 1.807) is 12.1 Å². The molecule has 0 aliphatic rings. The average Bonchev–Trinajstić information content (AvgIpc) is 2.63. The number of aromatic carboxylic acids is 1. The van der Waals surface area contributed by atoms with Crippen LogP contribution in [0.25, 0.3) is 10.8 Å². The fourth-order valence-corrected chi connectivity index (χ4v) is 6.13. The van der Waals surface area contributed by atoms with Gasteiger partial charge >= 0.3 is 5.97 Å². The molecule has 0 radical (unpaired) electrons. The van der Waals surface area contributed by atoms with Crippen molar-refractivity contribution in [3.8, 4) is 11.5 Å². The standard InChI is InChI=1S/C19H25ClO5Si/c1-5-26(6-2,7-3)25-11-14-12-8-9-15(21)17(19(22)23)13(12)10-16(24-4)18(14)20/h8-10,21H,5-7,11H2,1-4H3,(H,22,23). The van der Waals surface area contributed by atoms with Crippen LogP contribution in [0.15, 0.2) is 18.2 Å². The second-order valence-electron chi connectivity index (χ2n) is 6.26. The predicted octanol–water partition coefficient (Wildman–Crippen LogP) is 5.43. The summed E-state index contributed by atoms with van der Waals surface area (Å²) in [5, 5.41) is 20.9. The molecule has 0 spiro atoms. The molecule has 0 saturated carbocycles. The van der Waals surface area contributed by atoms with Crippen LogP contribution in [0.1, 0.15) is 36.7 Å². The zero-order valence-electron chi connectivity index (χ0n) is 15.6. The minimum absolute atomic E-state index is 0.163. The summed E-state index contributed by atoms with van der Waals surface area (Å²) < 4.78 is 11.7. The van der Waals surface area contributed by atoms with Gasteiger partial charge in [-0.15, -0.1) is 0 Å². The molecule has 0 unspecified atom stereocenters. The molecule has 7 heteroatoms. The minimum Gasteiger partial charge on any atom is -0.507 e. The van der Waals surface area contributed by atoms with Crippen LogP contribution in [-0.4, -0.2) is 31.6 Å². The first kappa shape index (κ1) is 20.5. The van der Waals surface area contributed by atoms with Gasteiger partial charge in [0, 0.05) is 10.9 Å². The van der Waals surface area contributed by atoms with Gasteiger partial charge in [0.25, 0.3) is 0 Å². The molecule has 2 N–H and O–H groups in total. The smallest absolute Gasteiger partial charge is 0.340 e. The number of phenols is 1. The molecular formula is C19H25ClO5Si. The highest BCUT2D eigenvalue weighted by molar-refractivity contribution is 6.73. The van der Waals surface area contributed by atoms with Gasteiger partial charge in [-0.3, -0.25) is 0 Å². The van der Waals surface area contributed by atoms with Crippen LogP contribution < -0.4 is 4.74 Å². The van der Waals surface area contributed by atoms with Crippen molar-refractivity contribution in [3.05, 3.63) is 34.3 Å². The SMILES string of the molecule is CC[Si](CC)(CC)OCc1c(Cl)c(OC)cc2c(C(=O)O)c(O)ccc12. The lowest BCUT2D eigenvalue weighted by molar-refractivity contribution is 0.0696. The van der Waals surface area contributed by atoms with Gasteiger partial charge in [0.15, 0.2) is 8.32 Å². The highest BCUT2D eigenvalue weighted by Gasteiger charge is 2.30. The lowest BCUT2D eigenvalue weighted by Crippen LogP contribution is -2.35. The number of hydrogen-bond donors (Lipinski definition) is 2. The number of rotatable bonds is 8. The maximum Gasteiger partial charge on any atom is 0.340 e. The van der Waals surface area contributed by atoms with Crippen molar-refractivity contribution in [1.29, 1.82) is 0 Å². The first-order valence-corrected chi connectivity index (χ1v) is 11.6. The van der Waals surface area contributed by atoms with Gasteiger partial charge in [-0.1, -0.05) is 38.4 Å². The van der Waals surface area contributed by atoms with Gasteiger partial charge in [0.1, 0.15) is 17.1 Å². The van der Waals surface area contributed by atoms with Crippen LogP contribution >= 0.6 is 11.6 Å². The van der Waals surface area contributed by atoms with Crippen LogP contribution in [0.2, 0.25) is 23.2 Å². The van der Waals surface area contributed by atoms with E-state index >= 15 is 0 Å². The summed E-state index contributed by atoms with van der Waals surface area (Å²) in [6, 6.07) is 7.60. The molecule has 2 aromatic rings. The molecule has 0 atom stereocenters. The molecule has 2 aromatic carbocycles. The van der Waals surface area contributed by atoms with E-state index in [1.807, 2.05) is 0 Å². The molecule has 0 aromatic heterocycles. The number of aromatic hydroxyl groups is 1. The van der Waals surface area contributed by atoms with Crippen molar-refractivity contribution in [1.82, 2.24) is 0 Å². The summed E-state index contributed by atoms with van der Waals surface area (Å²) in [5.74, 6) is -1.13. The molecule has 0 aliphatic heterocycles. The number of hydrogen-bond acceptors (Lipinski definition) is 4. The number of carboxylic acids is 1. The summed E-state index contributed by atoms with van der Waals surface area (Å²) >= 11 is 6.52. The Morgan fingerprint density at radius 2 is 1.77 bits per heavy atom. The highest BCUT2D eigenvalue weighted by atomic mass is 35.5. The number of methoxy groups -OCH3 is 1. The van der Waals surface area contributed by atoms with Gasteiger partial charge in [-0.25, -0.2) is 4.79 Å². The lowest BCUT2D eigenvalue weighted by Gasteiger charge is -2.28. The number of halogens is 1. The zero-order chi connectivity index (χ0) is 19.5. The number of carbonyl (C=O) groups is 1. The molecule has 0 saturated heterocycles. The first-order valence-electron chi connectivity index (χ1n) is 8.72. The molecule has 5 nitrogen and oxygen atoms in total. The number of benzene rings is 2.